The molecule has 2 heteroatoms. The number of allylic oxidation sites excluding steroid dienone is 4. The third kappa shape index (κ3) is 1.98. The summed E-state index contributed by atoms with van der Waals surface area (Å²) in [4.78, 5) is 10.9. The quantitative estimate of drug-likeness (QED) is 0.573. The van der Waals surface area contributed by atoms with Gasteiger partial charge in [0.15, 0.2) is 0 Å². The van der Waals surface area contributed by atoms with Crippen molar-refractivity contribution >= 4 is 16.8 Å². The van der Waals surface area contributed by atoms with Crippen molar-refractivity contribution in [2.45, 2.75) is 27.2 Å². The van der Waals surface area contributed by atoms with Crippen LogP contribution in [0, 0.1) is 5.41 Å². The Morgan fingerprint density at radius 3 is 2.58 bits per heavy atom. The Bertz CT molecular complexity index is 272. The predicted molar refractivity (Wildman–Crippen MR) is 51.1 cm³/mol. The topological polar surface area (TPSA) is 17.1 Å². The van der Waals surface area contributed by atoms with Crippen molar-refractivity contribution in [3.63, 3.8) is 0 Å². The molecule has 0 aliphatic heterocycles. The first-order chi connectivity index (χ1) is 5.42. The van der Waals surface area contributed by atoms with Crippen LogP contribution >= 0.6 is 11.6 Å². The average molecular weight is 185 g/mol. The predicted octanol–water partition coefficient (Wildman–Crippen LogP) is 3.05. The molecule has 1 aliphatic rings. The van der Waals surface area contributed by atoms with Gasteiger partial charge in [-0.15, -0.1) is 0 Å². The average Bonchev–Trinajstić information content (AvgIpc) is 1.83. The largest absolute Gasteiger partial charge is 0.276 e. The van der Waals surface area contributed by atoms with Gasteiger partial charge in [-0.25, -0.2) is 0 Å². The van der Waals surface area contributed by atoms with Gasteiger partial charge in [0, 0.05) is 5.57 Å². The van der Waals surface area contributed by atoms with Crippen molar-refractivity contribution < 1.29 is 4.79 Å². The summed E-state index contributed by atoms with van der Waals surface area (Å²) in [5, 5.41) is -0.348. The smallest absolute Gasteiger partial charge is 0.252 e. The second-order valence-electron chi connectivity index (χ2n) is 3.91. The van der Waals surface area contributed by atoms with E-state index in [9.17, 15) is 4.79 Å². The molecule has 1 rings (SSSR count). The minimum Gasteiger partial charge on any atom is -0.276 e. The second-order valence-corrected chi connectivity index (χ2v) is 4.25. The van der Waals surface area contributed by atoms with Gasteiger partial charge in [0.25, 0.3) is 5.24 Å². The Balaban J connectivity index is 2.94. The lowest BCUT2D eigenvalue weighted by atomic mass is 9.81. The van der Waals surface area contributed by atoms with E-state index in [0.29, 0.717) is 5.57 Å². The summed E-state index contributed by atoms with van der Waals surface area (Å²) in [5.41, 5.74) is 1.82. The van der Waals surface area contributed by atoms with E-state index >= 15 is 0 Å². The molecular weight excluding hydrogens is 172 g/mol. The minimum absolute atomic E-state index is 0.167. The Morgan fingerprint density at radius 2 is 2.17 bits per heavy atom. The number of halogens is 1. The number of carbonyl (C=O) groups is 1. The van der Waals surface area contributed by atoms with Gasteiger partial charge in [-0.1, -0.05) is 26.0 Å². The van der Waals surface area contributed by atoms with Crippen LogP contribution < -0.4 is 0 Å². The van der Waals surface area contributed by atoms with E-state index in [1.807, 2.05) is 13.0 Å². The number of hydrogen-bond acceptors (Lipinski definition) is 1. The molecule has 66 valence electrons. The zero-order chi connectivity index (χ0) is 9.35. The highest BCUT2D eigenvalue weighted by Crippen LogP contribution is 2.32. The van der Waals surface area contributed by atoms with E-state index < -0.39 is 0 Å². The van der Waals surface area contributed by atoms with E-state index in [0.717, 1.165) is 12.0 Å². The molecule has 0 fully saturated rings. The maximum atomic E-state index is 10.9. The lowest BCUT2D eigenvalue weighted by Gasteiger charge is -2.24. The molecular formula is C10H13ClO. The van der Waals surface area contributed by atoms with Gasteiger partial charge in [-0.05, 0) is 35.9 Å². The lowest BCUT2D eigenvalue weighted by molar-refractivity contribution is -0.108. The van der Waals surface area contributed by atoms with Crippen LogP contribution in [0.3, 0.4) is 0 Å². The minimum atomic E-state index is -0.348. The van der Waals surface area contributed by atoms with Crippen LogP contribution in [0.5, 0.6) is 0 Å². The summed E-state index contributed by atoms with van der Waals surface area (Å²) >= 11 is 5.40. The van der Waals surface area contributed by atoms with Crippen LogP contribution in [0.15, 0.2) is 23.3 Å². The number of hydrogen-bond donors (Lipinski definition) is 0. The molecule has 0 radical (unpaired) electrons. The van der Waals surface area contributed by atoms with Gasteiger partial charge in [-0.3, -0.25) is 4.79 Å². The van der Waals surface area contributed by atoms with Gasteiger partial charge < -0.3 is 0 Å². The molecule has 12 heavy (non-hydrogen) atoms. The first-order valence-corrected chi connectivity index (χ1v) is 4.40. The molecule has 1 aliphatic carbocycles. The van der Waals surface area contributed by atoms with Crippen molar-refractivity contribution in [3.05, 3.63) is 23.3 Å². The third-order valence-electron chi connectivity index (χ3n) is 2.08. The van der Waals surface area contributed by atoms with Crippen molar-refractivity contribution in [1.82, 2.24) is 0 Å². The van der Waals surface area contributed by atoms with E-state index in [2.05, 4.69) is 19.9 Å². The van der Waals surface area contributed by atoms with Crippen LogP contribution in [0.2, 0.25) is 0 Å². The molecule has 0 aromatic heterocycles. The van der Waals surface area contributed by atoms with Crippen molar-refractivity contribution in [2.24, 2.45) is 5.41 Å². The highest BCUT2D eigenvalue weighted by atomic mass is 35.5. The van der Waals surface area contributed by atoms with Gasteiger partial charge in [-0.2, -0.15) is 0 Å². The fraction of sp³-hybridized carbons (Fsp3) is 0.500. The molecule has 0 saturated heterocycles. The van der Waals surface area contributed by atoms with Crippen molar-refractivity contribution in [2.75, 3.05) is 0 Å². The molecule has 1 nitrogen and oxygen atoms in total. The first kappa shape index (κ1) is 9.53. The highest BCUT2D eigenvalue weighted by Gasteiger charge is 2.21. The zero-order valence-corrected chi connectivity index (χ0v) is 8.40. The van der Waals surface area contributed by atoms with Gasteiger partial charge in [0.05, 0.1) is 0 Å². The number of carbonyl (C=O) groups excluding carboxylic acids is 1. The summed E-state index contributed by atoms with van der Waals surface area (Å²) in [6.07, 6.45) is 4.91. The monoisotopic (exact) mass is 184 g/mol. The van der Waals surface area contributed by atoms with Gasteiger partial charge in [0.1, 0.15) is 0 Å². The Hall–Kier alpha value is -0.560. The van der Waals surface area contributed by atoms with Crippen LogP contribution in [-0.2, 0) is 4.79 Å². The van der Waals surface area contributed by atoms with Crippen molar-refractivity contribution in [3.8, 4) is 0 Å². The molecule has 0 heterocycles. The Kier molecular flexibility index (Phi) is 2.43. The van der Waals surface area contributed by atoms with Gasteiger partial charge in [0.2, 0.25) is 0 Å². The summed E-state index contributed by atoms with van der Waals surface area (Å²) in [5.74, 6) is 0. The van der Waals surface area contributed by atoms with Crippen LogP contribution in [-0.4, -0.2) is 5.24 Å². The van der Waals surface area contributed by atoms with Crippen LogP contribution in [0.4, 0.5) is 0 Å². The lowest BCUT2D eigenvalue weighted by Crippen LogP contribution is -2.13. The molecule has 0 atom stereocenters. The van der Waals surface area contributed by atoms with Crippen molar-refractivity contribution in [1.29, 1.82) is 0 Å². The molecule has 0 unspecified atom stereocenters. The summed E-state index contributed by atoms with van der Waals surface area (Å²) < 4.78 is 0. The summed E-state index contributed by atoms with van der Waals surface area (Å²) in [7, 11) is 0. The molecule has 0 aromatic carbocycles. The fourth-order valence-corrected chi connectivity index (χ4v) is 1.71. The molecule has 0 bridgehead atoms. The molecule has 0 saturated carbocycles. The second kappa shape index (κ2) is 3.06. The molecule has 0 aromatic rings. The van der Waals surface area contributed by atoms with Crippen LogP contribution in [0.1, 0.15) is 27.2 Å². The maximum absolute atomic E-state index is 10.9. The summed E-state index contributed by atoms with van der Waals surface area (Å²) in [6.45, 7) is 6.21. The molecule has 0 amide bonds. The third-order valence-corrected chi connectivity index (χ3v) is 2.28. The van der Waals surface area contributed by atoms with E-state index in [-0.39, 0.29) is 10.7 Å². The van der Waals surface area contributed by atoms with Crippen LogP contribution in [0.25, 0.3) is 0 Å². The first-order valence-electron chi connectivity index (χ1n) is 4.02. The molecule has 0 N–H and O–H groups in total. The Morgan fingerprint density at radius 1 is 1.58 bits per heavy atom. The zero-order valence-electron chi connectivity index (χ0n) is 7.65. The van der Waals surface area contributed by atoms with E-state index in [1.165, 1.54) is 0 Å². The summed E-state index contributed by atoms with van der Waals surface area (Å²) in [6, 6.07) is 0. The maximum Gasteiger partial charge on any atom is 0.252 e. The molecule has 0 spiro atoms. The number of rotatable bonds is 1. The normalized spacial score (nSPS) is 21.3. The van der Waals surface area contributed by atoms with Gasteiger partial charge >= 0.3 is 0 Å². The standard InChI is InChI=1S/C10H13ClO/c1-7-6-10(2,3)5-4-8(7)9(11)12/h4,6H,5H2,1-3H3. The van der Waals surface area contributed by atoms with E-state index in [4.69, 9.17) is 11.6 Å². The van der Waals surface area contributed by atoms with E-state index in [1.54, 1.807) is 0 Å². The fourth-order valence-electron chi connectivity index (χ4n) is 1.48. The SMILES string of the molecule is CC1=CC(C)(C)CC=C1C(=O)Cl. The highest BCUT2D eigenvalue weighted by molar-refractivity contribution is 6.68. The Labute approximate surface area is 78.1 Å².